The zero-order valence-electron chi connectivity index (χ0n) is 15.0. The molecule has 2 fully saturated rings. The quantitative estimate of drug-likeness (QED) is 0.777. The Balaban J connectivity index is 1.51. The summed E-state index contributed by atoms with van der Waals surface area (Å²) >= 11 is 1.59. The van der Waals surface area contributed by atoms with Gasteiger partial charge in [-0.05, 0) is 43.6 Å². The minimum Gasteiger partial charge on any atom is -0.336 e. The molecule has 142 valence electrons. The molecule has 4 rings (SSSR count). The fraction of sp³-hybridized carbons (Fsp3) is 0.579. The number of carbonyl (C=O) groups excluding carboxylic acids is 3. The number of hydrogen-bond donors (Lipinski definition) is 2. The molecule has 1 aliphatic heterocycles. The van der Waals surface area contributed by atoms with E-state index in [2.05, 4.69) is 16.7 Å². The van der Waals surface area contributed by atoms with E-state index in [-0.39, 0.29) is 12.5 Å². The Labute approximate surface area is 161 Å². The van der Waals surface area contributed by atoms with Crippen LogP contribution in [0.5, 0.6) is 0 Å². The second-order valence-electron chi connectivity index (χ2n) is 7.64. The molecule has 1 spiro atoms. The van der Waals surface area contributed by atoms with Crippen LogP contribution >= 0.6 is 11.3 Å². The van der Waals surface area contributed by atoms with Crippen molar-refractivity contribution in [3.8, 4) is 6.07 Å². The van der Waals surface area contributed by atoms with Crippen LogP contribution in [0.3, 0.4) is 0 Å². The third-order valence-electron chi connectivity index (χ3n) is 5.94. The number of carbonyl (C=O) groups is 3. The maximum absolute atomic E-state index is 13.1. The number of imide groups is 1. The predicted molar refractivity (Wildman–Crippen MR) is 98.8 cm³/mol. The summed E-state index contributed by atoms with van der Waals surface area (Å²) in [5, 5.41) is 17.1. The van der Waals surface area contributed by atoms with Gasteiger partial charge in [0.15, 0.2) is 0 Å². The molecule has 1 saturated heterocycles. The Hall–Kier alpha value is -2.40. The number of hydrogen-bond acceptors (Lipinski definition) is 5. The van der Waals surface area contributed by atoms with E-state index >= 15 is 0 Å². The smallest absolute Gasteiger partial charge is 0.325 e. The average Bonchev–Trinajstić information content (AvgIpc) is 3.23. The van der Waals surface area contributed by atoms with E-state index in [0.717, 1.165) is 47.4 Å². The molecule has 4 amide bonds. The second kappa shape index (κ2) is 6.64. The first-order valence-electron chi connectivity index (χ1n) is 9.43. The Morgan fingerprint density at radius 1 is 1.26 bits per heavy atom. The molecule has 1 saturated carbocycles. The van der Waals surface area contributed by atoms with Gasteiger partial charge in [-0.2, -0.15) is 5.26 Å². The van der Waals surface area contributed by atoms with Crippen molar-refractivity contribution in [2.45, 2.75) is 62.4 Å². The average molecular weight is 386 g/mol. The SMILES string of the molecule is N#CC1(NC(=O)CN2C(=O)N[C@]3(CCCc4sccc43)C2=O)CCCCC1. The van der Waals surface area contributed by atoms with Gasteiger partial charge in [-0.3, -0.25) is 14.5 Å². The molecule has 3 aliphatic rings. The largest absolute Gasteiger partial charge is 0.336 e. The van der Waals surface area contributed by atoms with Crippen molar-refractivity contribution < 1.29 is 14.4 Å². The second-order valence-corrected chi connectivity index (χ2v) is 8.64. The van der Waals surface area contributed by atoms with Crippen molar-refractivity contribution in [3.05, 3.63) is 21.9 Å². The fourth-order valence-corrected chi connectivity index (χ4v) is 5.55. The van der Waals surface area contributed by atoms with Crippen LogP contribution in [0.4, 0.5) is 4.79 Å². The number of thiophene rings is 1. The van der Waals surface area contributed by atoms with Gasteiger partial charge in [0.05, 0.1) is 6.07 Å². The summed E-state index contributed by atoms with van der Waals surface area (Å²) in [4.78, 5) is 40.3. The van der Waals surface area contributed by atoms with Crippen molar-refractivity contribution in [1.29, 1.82) is 5.26 Å². The van der Waals surface area contributed by atoms with Crippen LogP contribution in [0.25, 0.3) is 0 Å². The molecule has 1 aromatic heterocycles. The Bertz CT molecular complexity index is 836. The highest BCUT2D eigenvalue weighted by molar-refractivity contribution is 7.10. The number of nitrogens with zero attached hydrogens (tertiary/aromatic N) is 2. The fourth-order valence-electron chi connectivity index (χ4n) is 4.56. The zero-order valence-corrected chi connectivity index (χ0v) is 15.9. The van der Waals surface area contributed by atoms with Gasteiger partial charge in [-0.15, -0.1) is 11.3 Å². The number of fused-ring (bicyclic) bond motifs is 2. The van der Waals surface area contributed by atoms with Crippen LogP contribution in [0.2, 0.25) is 0 Å². The zero-order chi connectivity index (χ0) is 19.1. The maximum atomic E-state index is 13.1. The minimum absolute atomic E-state index is 0.352. The van der Waals surface area contributed by atoms with Crippen molar-refractivity contribution >= 4 is 29.2 Å². The monoisotopic (exact) mass is 386 g/mol. The molecule has 0 bridgehead atoms. The van der Waals surface area contributed by atoms with E-state index in [9.17, 15) is 19.6 Å². The van der Waals surface area contributed by atoms with E-state index < -0.39 is 23.0 Å². The van der Waals surface area contributed by atoms with Crippen LogP contribution in [0.1, 0.15) is 55.4 Å². The number of nitriles is 1. The Morgan fingerprint density at radius 3 is 2.78 bits per heavy atom. The predicted octanol–water partition coefficient (Wildman–Crippen LogP) is 2.17. The number of rotatable bonds is 3. The summed E-state index contributed by atoms with van der Waals surface area (Å²) in [5.74, 6) is -0.822. The van der Waals surface area contributed by atoms with Crippen LogP contribution < -0.4 is 10.6 Å². The number of aryl methyl sites for hydroxylation is 1. The molecular formula is C19H22N4O3S. The molecule has 1 atom stereocenters. The number of nitrogens with one attached hydrogen (secondary N) is 2. The standard InChI is InChI=1S/C19H22N4O3S/c20-12-18(7-2-1-3-8-18)21-15(24)11-23-16(25)19(22-17(23)26)9-4-5-14-13(19)6-10-27-14/h6,10H,1-5,7-9,11H2,(H,21,24)(H,22,26)/t19-/m0/s1. The maximum Gasteiger partial charge on any atom is 0.325 e. The Morgan fingerprint density at radius 2 is 2.04 bits per heavy atom. The summed E-state index contributed by atoms with van der Waals surface area (Å²) in [6, 6.07) is 3.59. The van der Waals surface area contributed by atoms with Gasteiger partial charge < -0.3 is 10.6 Å². The third-order valence-corrected chi connectivity index (χ3v) is 6.92. The van der Waals surface area contributed by atoms with E-state index in [4.69, 9.17) is 0 Å². The lowest BCUT2D eigenvalue weighted by molar-refractivity contribution is -0.136. The van der Waals surface area contributed by atoms with Crippen molar-refractivity contribution in [2.75, 3.05) is 6.54 Å². The van der Waals surface area contributed by atoms with Gasteiger partial charge in [-0.1, -0.05) is 19.3 Å². The minimum atomic E-state index is -1.04. The van der Waals surface area contributed by atoms with Gasteiger partial charge in [0.25, 0.3) is 5.91 Å². The van der Waals surface area contributed by atoms with E-state index in [1.807, 2.05) is 11.4 Å². The first-order chi connectivity index (χ1) is 13.0. The molecule has 8 heteroatoms. The molecule has 1 aromatic rings. The highest BCUT2D eigenvalue weighted by atomic mass is 32.1. The van der Waals surface area contributed by atoms with Crippen molar-refractivity contribution in [1.82, 2.24) is 15.5 Å². The van der Waals surface area contributed by atoms with Gasteiger partial charge in [0.1, 0.15) is 17.6 Å². The molecule has 27 heavy (non-hydrogen) atoms. The summed E-state index contributed by atoms with van der Waals surface area (Å²) < 4.78 is 0. The summed E-state index contributed by atoms with van der Waals surface area (Å²) in [6.45, 7) is -0.352. The Kier molecular flexibility index (Phi) is 4.42. The molecule has 0 unspecified atom stereocenters. The number of amides is 4. The summed E-state index contributed by atoms with van der Waals surface area (Å²) in [5.41, 5.74) is -1.05. The van der Waals surface area contributed by atoms with E-state index in [1.54, 1.807) is 11.3 Å². The van der Waals surface area contributed by atoms with Crippen molar-refractivity contribution in [3.63, 3.8) is 0 Å². The van der Waals surface area contributed by atoms with Crippen LogP contribution in [0, 0.1) is 11.3 Å². The summed E-state index contributed by atoms with van der Waals surface area (Å²) in [7, 11) is 0. The molecule has 7 nitrogen and oxygen atoms in total. The lowest BCUT2D eigenvalue weighted by Gasteiger charge is -2.32. The van der Waals surface area contributed by atoms with Gasteiger partial charge >= 0.3 is 6.03 Å². The van der Waals surface area contributed by atoms with E-state index in [1.165, 1.54) is 0 Å². The first kappa shape index (κ1) is 18.0. The molecule has 2 aliphatic carbocycles. The molecular weight excluding hydrogens is 364 g/mol. The van der Waals surface area contributed by atoms with Gasteiger partial charge in [0, 0.05) is 10.4 Å². The molecule has 2 N–H and O–H groups in total. The molecule has 0 aromatic carbocycles. The third kappa shape index (κ3) is 2.90. The van der Waals surface area contributed by atoms with E-state index in [0.29, 0.717) is 19.3 Å². The van der Waals surface area contributed by atoms with Gasteiger partial charge in [-0.25, -0.2) is 4.79 Å². The number of urea groups is 1. The van der Waals surface area contributed by atoms with Crippen LogP contribution in [0.15, 0.2) is 11.4 Å². The normalized spacial score (nSPS) is 26.4. The topological polar surface area (TPSA) is 102 Å². The summed E-state index contributed by atoms with van der Waals surface area (Å²) in [6.07, 6.45) is 6.32. The lowest BCUT2D eigenvalue weighted by Crippen LogP contribution is -2.52. The molecule has 0 radical (unpaired) electrons. The first-order valence-corrected chi connectivity index (χ1v) is 10.3. The van der Waals surface area contributed by atoms with Crippen LogP contribution in [-0.4, -0.2) is 34.8 Å². The van der Waals surface area contributed by atoms with Gasteiger partial charge in [0.2, 0.25) is 5.91 Å². The highest BCUT2D eigenvalue weighted by Gasteiger charge is 2.54. The highest BCUT2D eigenvalue weighted by Crippen LogP contribution is 2.42. The lowest BCUT2D eigenvalue weighted by atomic mass is 9.80. The van der Waals surface area contributed by atoms with Crippen LogP contribution in [-0.2, 0) is 21.5 Å². The molecule has 2 heterocycles. The van der Waals surface area contributed by atoms with Crippen molar-refractivity contribution in [2.24, 2.45) is 0 Å².